The van der Waals surface area contributed by atoms with Gasteiger partial charge >= 0.3 is 0 Å². The maximum Gasteiger partial charge on any atom is 0.253 e. The molecule has 1 heterocycles. The summed E-state index contributed by atoms with van der Waals surface area (Å²) in [5, 5.41) is 0.0229. The van der Waals surface area contributed by atoms with Crippen LogP contribution in [-0.2, 0) is 4.74 Å². The average Bonchev–Trinajstić information content (AvgIpc) is 2.48. The molecule has 1 amide bonds. The molecule has 20 heavy (non-hydrogen) atoms. The number of benzene rings is 1. The van der Waals surface area contributed by atoms with Crippen LogP contribution in [-0.4, -0.2) is 42.5 Å². The summed E-state index contributed by atoms with van der Waals surface area (Å²) in [6.45, 7) is 1.74. The van der Waals surface area contributed by atoms with Crippen molar-refractivity contribution in [3.63, 3.8) is 0 Å². The molecular formula is C14H16Cl2FNO2. The van der Waals surface area contributed by atoms with E-state index in [0.717, 1.165) is 12.8 Å². The van der Waals surface area contributed by atoms with Gasteiger partial charge in [0.25, 0.3) is 5.91 Å². The molecule has 0 aromatic heterocycles. The Labute approximate surface area is 127 Å². The third kappa shape index (κ3) is 3.84. The van der Waals surface area contributed by atoms with E-state index in [1.807, 2.05) is 0 Å². The van der Waals surface area contributed by atoms with Crippen molar-refractivity contribution in [3.8, 4) is 0 Å². The van der Waals surface area contributed by atoms with Crippen LogP contribution in [0.2, 0.25) is 5.02 Å². The fourth-order valence-corrected chi connectivity index (χ4v) is 2.46. The fraction of sp³-hybridized carbons (Fsp3) is 0.500. The highest BCUT2D eigenvalue weighted by molar-refractivity contribution is 6.30. The van der Waals surface area contributed by atoms with Gasteiger partial charge < -0.3 is 9.64 Å². The van der Waals surface area contributed by atoms with Crippen molar-refractivity contribution in [2.75, 3.05) is 25.6 Å². The van der Waals surface area contributed by atoms with Gasteiger partial charge in [-0.25, -0.2) is 4.39 Å². The SMILES string of the molecule is O=C(c1ccc(Cl)c(F)c1)N1CCC(OCCCl)CC1. The number of rotatable bonds is 4. The van der Waals surface area contributed by atoms with Gasteiger partial charge in [-0.05, 0) is 31.0 Å². The van der Waals surface area contributed by atoms with Crippen LogP contribution < -0.4 is 0 Å². The van der Waals surface area contributed by atoms with E-state index in [-0.39, 0.29) is 17.0 Å². The normalized spacial score (nSPS) is 16.4. The number of ether oxygens (including phenoxy) is 1. The van der Waals surface area contributed by atoms with E-state index < -0.39 is 5.82 Å². The number of carbonyl (C=O) groups excluding carboxylic acids is 1. The minimum Gasteiger partial charge on any atom is -0.377 e. The summed E-state index contributed by atoms with van der Waals surface area (Å²) in [6.07, 6.45) is 1.71. The van der Waals surface area contributed by atoms with Gasteiger partial charge in [0, 0.05) is 24.5 Å². The Morgan fingerprint density at radius 1 is 1.40 bits per heavy atom. The van der Waals surface area contributed by atoms with Gasteiger partial charge in [0.15, 0.2) is 0 Å². The van der Waals surface area contributed by atoms with Crippen LogP contribution in [0.15, 0.2) is 18.2 Å². The van der Waals surface area contributed by atoms with Gasteiger partial charge in [0.05, 0.1) is 17.7 Å². The number of nitrogens with zero attached hydrogens (tertiary/aromatic N) is 1. The monoisotopic (exact) mass is 319 g/mol. The number of carbonyl (C=O) groups is 1. The Hall–Kier alpha value is -0.840. The van der Waals surface area contributed by atoms with Gasteiger partial charge in [0.2, 0.25) is 0 Å². The molecule has 1 saturated heterocycles. The Balaban J connectivity index is 1.92. The summed E-state index contributed by atoms with van der Waals surface area (Å²) in [7, 11) is 0. The van der Waals surface area contributed by atoms with Gasteiger partial charge in [-0.15, -0.1) is 11.6 Å². The molecule has 0 aliphatic carbocycles. The van der Waals surface area contributed by atoms with E-state index in [4.69, 9.17) is 27.9 Å². The Morgan fingerprint density at radius 2 is 2.10 bits per heavy atom. The average molecular weight is 320 g/mol. The summed E-state index contributed by atoms with van der Waals surface area (Å²) in [5.74, 6) is -0.266. The van der Waals surface area contributed by atoms with Crippen LogP contribution >= 0.6 is 23.2 Å². The predicted molar refractivity (Wildman–Crippen MR) is 77.0 cm³/mol. The van der Waals surface area contributed by atoms with Crippen LogP contribution in [0.5, 0.6) is 0 Å². The quantitative estimate of drug-likeness (QED) is 0.797. The zero-order valence-corrected chi connectivity index (χ0v) is 12.5. The van der Waals surface area contributed by atoms with E-state index >= 15 is 0 Å². The lowest BCUT2D eigenvalue weighted by atomic mass is 10.1. The van der Waals surface area contributed by atoms with Gasteiger partial charge in [-0.1, -0.05) is 11.6 Å². The van der Waals surface area contributed by atoms with E-state index in [9.17, 15) is 9.18 Å². The molecular weight excluding hydrogens is 304 g/mol. The summed E-state index contributed by atoms with van der Waals surface area (Å²) < 4.78 is 18.9. The first kappa shape index (κ1) is 15.5. The van der Waals surface area contributed by atoms with E-state index in [1.165, 1.54) is 12.1 Å². The second-order valence-corrected chi connectivity index (χ2v) is 5.47. The minimum atomic E-state index is -0.571. The molecule has 1 aromatic rings. The van der Waals surface area contributed by atoms with Crippen LogP contribution in [0.3, 0.4) is 0 Å². The third-order valence-electron chi connectivity index (χ3n) is 3.33. The van der Waals surface area contributed by atoms with Crippen LogP contribution in [0.4, 0.5) is 4.39 Å². The second-order valence-electron chi connectivity index (χ2n) is 4.68. The van der Waals surface area contributed by atoms with Crippen molar-refractivity contribution in [2.45, 2.75) is 18.9 Å². The number of piperidine rings is 1. The van der Waals surface area contributed by atoms with Crippen molar-refractivity contribution in [1.29, 1.82) is 0 Å². The molecule has 2 rings (SSSR count). The number of alkyl halides is 1. The van der Waals surface area contributed by atoms with Crippen LogP contribution in [0, 0.1) is 5.82 Å². The molecule has 1 aliphatic rings. The first-order valence-corrected chi connectivity index (χ1v) is 7.45. The predicted octanol–water partition coefficient (Wildman–Crippen LogP) is 3.34. The fourth-order valence-electron chi connectivity index (χ4n) is 2.25. The third-order valence-corrected chi connectivity index (χ3v) is 3.79. The van der Waals surface area contributed by atoms with Crippen LogP contribution in [0.1, 0.15) is 23.2 Å². The zero-order chi connectivity index (χ0) is 14.5. The molecule has 3 nitrogen and oxygen atoms in total. The first-order chi connectivity index (χ1) is 9.61. The summed E-state index contributed by atoms with van der Waals surface area (Å²) in [6, 6.07) is 4.13. The molecule has 0 bridgehead atoms. The van der Waals surface area contributed by atoms with Crippen molar-refractivity contribution in [2.24, 2.45) is 0 Å². The van der Waals surface area contributed by atoms with Crippen molar-refractivity contribution in [3.05, 3.63) is 34.6 Å². The molecule has 6 heteroatoms. The zero-order valence-electron chi connectivity index (χ0n) is 10.9. The molecule has 1 fully saturated rings. The van der Waals surface area contributed by atoms with E-state index in [0.29, 0.717) is 31.1 Å². The van der Waals surface area contributed by atoms with Gasteiger partial charge in [0.1, 0.15) is 5.82 Å². The smallest absolute Gasteiger partial charge is 0.253 e. The molecule has 110 valence electrons. The number of halogens is 3. The van der Waals surface area contributed by atoms with Gasteiger partial charge in [-0.3, -0.25) is 4.79 Å². The minimum absolute atomic E-state index is 0.0229. The Kier molecular flexibility index (Phi) is 5.64. The highest BCUT2D eigenvalue weighted by atomic mass is 35.5. The number of hydrogen-bond acceptors (Lipinski definition) is 2. The summed E-state index contributed by atoms with van der Waals surface area (Å²) >= 11 is 11.2. The molecule has 1 aliphatic heterocycles. The lowest BCUT2D eigenvalue weighted by Gasteiger charge is -2.32. The number of likely N-dealkylation sites (tertiary alicyclic amines) is 1. The first-order valence-electron chi connectivity index (χ1n) is 6.53. The van der Waals surface area contributed by atoms with Crippen molar-refractivity contribution >= 4 is 29.1 Å². The molecule has 0 atom stereocenters. The Morgan fingerprint density at radius 3 is 2.70 bits per heavy atom. The van der Waals surface area contributed by atoms with Crippen LogP contribution in [0.25, 0.3) is 0 Å². The topological polar surface area (TPSA) is 29.5 Å². The number of hydrogen-bond donors (Lipinski definition) is 0. The summed E-state index contributed by atoms with van der Waals surface area (Å²) in [5.41, 5.74) is 0.326. The van der Waals surface area contributed by atoms with E-state index in [2.05, 4.69) is 0 Å². The lowest BCUT2D eigenvalue weighted by Crippen LogP contribution is -2.41. The second kappa shape index (κ2) is 7.25. The maximum absolute atomic E-state index is 13.4. The molecule has 0 N–H and O–H groups in total. The highest BCUT2D eigenvalue weighted by Gasteiger charge is 2.24. The molecule has 1 aromatic carbocycles. The largest absolute Gasteiger partial charge is 0.377 e. The Bertz CT molecular complexity index is 476. The van der Waals surface area contributed by atoms with Gasteiger partial charge in [-0.2, -0.15) is 0 Å². The molecule has 0 unspecified atom stereocenters. The molecule has 0 radical (unpaired) electrons. The van der Waals surface area contributed by atoms with Crippen molar-refractivity contribution < 1.29 is 13.9 Å². The highest BCUT2D eigenvalue weighted by Crippen LogP contribution is 2.19. The molecule has 0 saturated carbocycles. The number of amides is 1. The standard InChI is InChI=1S/C14H16Cl2FNO2/c15-5-8-20-11-3-6-18(7-4-11)14(19)10-1-2-12(16)13(17)9-10/h1-2,9,11H,3-8H2. The molecule has 0 spiro atoms. The lowest BCUT2D eigenvalue weighted by molar-refractivity contribution is 0.0154. The summed E-state index contributed by atoms with van der Waals surface area (Å²) in [4.78, 5) is 13.9. The maximum atomic E-state index is 13.4. The van der Waals surface area contributed by atoms with E-state index in [1.54, 1.807) is 11.0 Å². The van der Waals surface area contributed by atoms with Crippen molar-refractivity contribution in [1.82, 2.24) is 4.90 Å².